The molecule has 0 atom stereocenters. The molecule has 0 radical (unpaired) electrons. The van der Waals surface area contributed by atoms with Crippen molar-refractivity contribution in [3.8, 4) is 5.75 Å². The maximum absolute atomic E-state index is 5.69. The summed E-state index contributed by atoms with van der Waals surface area (Å²) in [7, 11) is 0. The second kappa shape index (κ2) is 9.03. The van der Waals surface area contributed by atoms with Gasteiger partial charge in [-0.2, -0.15) is 0 Å². The minimum Gasteiger partial charge on any atom is -0.493 e. The lowest BCUT2D eigenvalue weighted by Gasteiger charge is -2.07. The zero-order chi connectivity index (χ0) is 14.8. The maximum Gasteiger partial charge on any atom is 0.121 e. The van der Waals surface area contributed by atoms with Crippen LogP contribution in [-0.2, 0) is 11.2 Å². The first-order chi connectivity index (χ1) is 10.3. The first-order valence-electron chi connectivity index (χ1n) is 7.44. The lowest BCUT2D eigenvalue weighted by atomic mass is 10.1. The van der Waals surface area contributed by atoms with Crippen LogP contribution in [0.25, 0.3) is 0 Å². The van der Waals surface area contributed by atoms with Crippen molar-refractivity contribution >= 4 is 5.69 Å². The van der Waals surface area contributed by atoms with Gasteiger partial charge in [0, 0.05) is 31.4 Å². The lowest BCUT2D eigenvalue weighted by Crippen LogP contribution is -2.04. The van der Waals surface area contributed by atoms with Crippen LogP contribution < -0.4 is 10.5 Å². The van der Waals surface area contributed by atoms with Crippen LogP contribution in [-0.4, -0.2) is 19.8 Å². The van der Waals surface area contributed by atoms with E-state index in [4.69, 9.17) is 15.2 Å². The van der Waals surface area contributed by atoms with Crippen LogP contribution in [0.2, 0.25) is 0 Å². The highest BCUT2D eigenvalue weighted by molar-refractivity contribution is 5.43. The third-order valence-corrected chi connectivity index (χ3v) is 3.16. The SMILES string of the molecule is Nc1cccc(OCCCOCCCc2ccccc2)c1. The maximum atomic E-state index is 5.69. The monoisotopic (exact) mass is 285 g/mol. The van der Waals surface area contributed by atoms with E-state index >= 15 is 0 Å². The van der Waals surface area contributed by atoms with Gasteiger partial charge in [0.05, 0.1) is 6.61 Å². The average molecular weight is 285 g/mol. The highest BCUT2D eigenvalue weighted by Gasteiger charge is 1.96. The largest absolute Gasteiger partial charge is 0.493 e. The van der Waals surface area contributed by atoms with Crippen molar-refractivity contribution in [2.24, 2.45) is 0 Å². The molecule has 0 heterocycles. The molecule has 3 heteroatoms. The van der Waals surface area contributed by atoms with Crippen LogP contribution >= 0.6 is 0 Å². The van der Waals surface area contributed by atoms with Crippen molar-refractivity contribution in [3.05, 3.63) is 60.2 Å². The summed E-state index contributed by atoms with van der Waals surface area (Å²) in [5.41, 5.74) is 7.78. The van der Waals surface area contributed by atoms with Gasteiger partial charge < -0.3 is 15.2 Å². The zero-order valence-corrected chi connectivity index (χ0v) is 12.3. The van der Waals surface area contributed by atoms with E-state index in [1.165, 1.54) is 5.56 Å². The number of hydrogen-bond acceptors (Lipinski definition) is 3. The number of anilines is 1. The Kier molecular flexibility index (Phi) is 6.62. The van der Waals surface area contributed by atoms with Crippen molar-refractivity contribution < 1.29 is 9.47 Å². The quantitative estimate of drug-likeness (QED) is 0.564. The molecule has 0 fully saturated rings. The van der Waals surface area contributed by atoms with E-state index in [1.807, 2.05) is 30.3 Å². The second-order valence-electron chi connectivity index (χ2n) is 4.98. The van der Waals surface area contributed by atoms with Crippen molar-refractivity contribution in [3.63, 3.8) is 0 Å². The normalized spacial score (nSPS) is 10.5. The van der Waals surface area contributed by atoms with Gasteiger partial charge in [-0.25, -0.2) is 0 Å². The van der Waals surface area contributed by atoms with Gasteiger partial charge in [-0.15, -0.1) is 0 Å². The van der Waals surface area contributed by atoms with E-state index in [2.05, 4.69) is 24.3 Å². The fourth-order valence-electron chi connectivity index (χ4n) is 2.08. The molecule has 0 aliphatic rings. The van der Waals surface area contributed by atoms with E-state index < -0.39 is 0 Å². The summed E-state index contributed by atoms with van der Waals surface area (Å²) in [5, 5.41) is 0. The van der Waals surface area contributed by atoms with Crippen molar-refractivity contribution in [2.75, 3.05) is 25.6 Å². The second-order valence-corrected chi connectivity index (χ2v) is 4.98. The van der Waals surface area contributed by atoms with Gasteiger partial charge in [-0.3, -0.25) is 0 Å². The minimum absolute atomic E-state index is 0.655. The molecule has 0 spiro atoms. The van der Waals surface area contributed by atoms with Crippen molar-refractivity contribution in [1.29, 1.82) is 0 Å². The first-order valence-corrected chi connectivity index (χ1v) is 7.44. The number of rotatable bonds is 9. The van der Waals surface area contributed by atoms with Crippen LogP contribution in [0.15, 0.2) is 54.6 Å². The average Bonchev–Trinajstić information content (AvgIpc) is 2.51. The van der Waals surface area contributed by atoms with Gasteiger partial charge >= 0.3 is 0 Å². The Hall–Kier alpha value is -2.00. The number of ether oxygens (including phenoxy) is 2. The van der Waals surface area contributed by atoms with E-state index in [-0.39, 0.29) is 0 Å². The van der Waals surface area contributed by atoms with Gasteiger partial charge in [-0.1, -0.05) is 36.4 Å². The topological polar surface area (TPSA) is 44.5 Å². The highest BCUT2D eigenvalue weighted by Crippen LogP contribution is 2.14. The summed E-state index contributed by atoms with van der Waals surface area (Å²) >= 11 is 0. The number of benzene rings is 2. The summed E-state index contributed by atoms with van der Waals surface area (Å²) in [6.07, 6.45) is 3.01. The predicted octanol–water partition coefficient (Wildman–Crippen LogP) is 3.69. The Balaban J connectivity index is 1.47. The van der Waals surface area contributed by atoms with Crippen LogP contribution in [0, 0.1) is 0 Å². The molecular weight excluding hydrogens is 262 g/mol. The third-order valence-electron chi connectivity index (χ3n) is 3.16. The van der Waals surface area contributed by atoms with Crippen LogP contribution in [0.1, 0.15) is 18.4 Å². The predicted molar refractivity (Wildman–Crippen MR) is 86.5 cm³/mol. The standard InChI is InChI=1S/C18H23NO2/c19-17-10-4-11-18(15-17)21-14-6-13-20-12-5-9-16-7-2-1-3-8-16/h1-4,7-8,10-11,15H,5-6,9,12-14,19H2. The molecule has 0 bridgehead atoms. The molecular formula is C18H23NO2. The number of nitrogen functional groups attached to an aromatic ring is 1. The number of hydrogen-bond donors (Lipinski definition) is 1. The van der Waals surface area contributed by atoms with E-state index in [0.29, 0.717) is 6.61 Å². The van der Waals surface area contributed by atoms with Crippen molar-refractivity contribution in [1.82, 2.24) is 0 Å². The fourth-order valence-corrected chi connectivity index (χ4v) is 2.08. The van der Waals surface area contributed by atoms with Gasteiger partial charge in [-0.05, 0) is 30.5 Å². The fraction of sp³-hybridized carbons (Fsp3) is 0.333. The molecule has 0 aromatic heterocycles. The van der Waals surface area contributed by atoms with Crippen molar-refractivity contribution in [2.45, 2.75) is 19.3 Å². The molecule has 0 saturated heterocycles. The Morgan fingerprint density at radius 2 is 1.62 bits per heavy atom. The van der Waals surface area contributed by atoms with Gasteiger partial charge in [0.2, 0.25) is 0 Å². The van der Waals surface area contributed by atoms with Crippen LogP contribution in [0.4, 0.5) is 5.69 Å². The van der Waals surface area contributed by atoms with E-state index in [0.717, 1.165) is 43.9 Å². The molecule has 0 amide bonds. The molecule has 0 aliphatic heterocycles. The summed E-state index contributed by atoms with van der Waals surface area (Å²) in [4.78, 5) is 0. The molecule has 3 nitrogen and oxygen atoms in total. The Labute approximate surface area is 126 Å². The van der Waals surface area contributed by atoms with Gasteiger partial charge in [0.15, 0.2) is 0 Å². The summed E-state index contributed by atoms with van der Waals surface area (Å²) in [5.74, 6) is 0.819. The molecule has 2 rings (SSSR count). The minimum atomic E-state index is 0.655. The smallest absolute Gasteiger partial charge is 0.121 e. The molecule has 2 aromatic carbocycles. The van der Waals surface area contributed by atoms with Gasteiger partial charge in [0.1, 0.15) is 5.75 Å². The molecule has 112 valence electrons. The van der Waals surface area contributed by atoms with E-state index in [9.17, 15) is 0 Å². The Bertz CT molecular complexity index is 514. The molecule has 0 aliphatic carbocycles. The number of nitrogens with two attached hydrogens (primary N) is 1. The molecule has 2 aromatic rings. The summed E-state index contributed by atoms with van der Waals surface area (Å²) < 4.78 is 11.2. The summed E-state index contributed by atoms with van der Waals surface area (Å²) in [6.45, 7) is 2.19. The van der Waals surface area contributed by atoms with E-state index in [1.54, 1.807) is 0 Å². The number of aryl methyl sites for hydroxylation is 1. The summed E-state index contributed by atoms with van der Waals surface area (Å²) in [6, 6.07) is 18.0. The van der Waals surface area contributed by atoms with Gasteiger partial charge in [0.25, 0.3) is 0 Å². The molecule has 21 heavy (non-hydrogen) atoms. The highest BCUT2D eigenvalue weighted by atomic mass is 16.5. The third kappa shape index (κ3) is 6.32. The molecule has 0 unspecified atom stereocenters. The zero-order valence-electron chi connectivity index (χ0n) is 12.3. The Morgan fingerprint density at radius 1 is 0.810 bits per heavy atom. The van der Waals surface area contributed by atoms with Crippen LogP contribution in [0.3, 0.4) is 0 Å². The first kappa shape index (κ1) is 15.4. The lowest BCUT2D eigenvalue weighted by molar-refractivity contribution is 0.117. The molecule has 2 N–H and O–H groups in total. The molecule has 0 saturated carbocycles. The van der Waals surface area contributed by atoms with Crippen LogP contribution in [0.5, 0.6) is 5.75 Å². The Morgan fingerprint density at radius 3 is 2.43 bits per heavy atom.